The van der Waals surface area contributed by atoms with Gasteiger partial charge in [0.2, 0.25) is 0 Å². The Bertz CT molecular complexity index is 1780. The molecule has 2 heterocycles. The molecule has 0 atom stereocenters. The van der Waals surface area contributed by atoms with Gasteiger partial charge in [-0.1, -0.05) is 62.4 Å². The number of benzene rings is 3. The van der Waals surface area contributed by atoms with Gasteiger partial charge >= 0.3 is 0 Å². The number of H-pyrrole nitrogens is 1. The maximum atomic E-state index is 13.1. The summed E-state index contributed by atoms with van der Waals surface area (Å²) in [5.41, 5.74) is 11.8. The Labute approximate surface area is 231 Å². The van der Waals surface area contributed by atoms with Gasteiger partial charge in [-0.15, -0.1) is 0 Å². The number of hydrogen-bond acceptors (Lipinski definition) is 4. The molecule has 0 aliphatic heterocycles. The second-order valence-corrected chi connectivity index (χ2v) is 10.1. The van der Waals surface area contributed by atoms with Gasteiger partial charge < -0.3 is 25.9 Å². The van der Waals surface area contributed by atoms with Crippen molar-refractivity contribution >= 4 is 34.1 Å². The molecule has 0 bridgehead atoms. The topological polar surface area (TPSA) is 122 Å². The summed E-state index contributed by atoms with van der Waals surface area (Å²) in [6, 6.07) is 23.9. The lowest BCUT2D eigenvalue weighted by Crippen LogP contribution is -2.23. The molecule has 5 rings (SSSR count). The first-order valence-corrected chi connectivity index (χ1v) is 13.1. The minimum Gasteiger partial charge on any atom is -0.397 e. The summed E-state index contributed by atoms with van der Waals surface area (Å²) in [5.74, 6) is -0.315. The first-order valence-electron chi connectivity index (χ1n) is 13.1. The van der Waals surface area contributed by atoms with Crippen molar-refractivity contribution in [3.63, 3.8) is 0 Å². The van der Waals surface area contributed by atoms with Crippen molar-refractivity contribution < 1.29 is 9.59 Å². The molecule has 3 aromatic carbocycles. The highest BCUT2D eigenvalue weighted by atomic mass is 16.2. The van der Waals surface area contributed by atoms with E-state index < -0.39 is 0 Å². The van der Waals surface area contributed by atoms with Gasteiger partial charge in [0.1, 0.15) is 11.2 Å². The Balaban J connectivity index is 1.34. The number of aryl methyl sites for hydroxylation is 1. The highest BCUT2D eigenvalue weighted by molar-refractivity contribution is 6.06. The number of nitrogens with two attached hydrogens (primary N) is 1. The van der Waals surface area contributed by atoms with Gasteiger partial charge in [0.15, 0.2) is 0 Å². The number of rotatable bonds is 7. The van der Waals surface area contributed by atoms with Gasteiger partial charge in [-0.05, 0) is 52.9 Å². The molecule has 0 unspecified atom stereocenters. The summed E-state index contributed by atoms with van der Waals surface area (Å²) in [6.45, 7) is 4.51. The number of pyridine rings is 1. The summed E-state index contributed by atoms with van der Waals surface area (Å²) in [6.07, 6.45) is 1.82. The van der Waals surface area contributed by atoms with Crippen LogP contribution < -0.4 is 21.9 Å². The zero-order valence-electron chi connectivity index (χ0n) is 22.6. The molecule has 0 aliphatic carbocycles. The maximum absolute atomic E-state index is 13.1. The molecule has 0 radical (unpaired) electrons. The van der Waals surface area contributed by atoms with Crippen LogP contribution in [0.15, 0.2) is 89.9 Å². The van der Waals surface area contributed by atoms with Crippen molar-refractivity contribution in [3.05, 3.63) is 118 Å². The normalized spacial score (nSPS) is 11.1. The van der Waals surface area contributed by atoms with Crippen LogP contribution >= 0.6 is 0 Å². The second kappa shape index (κ2) is 10.9. The molecule has 8 nitrogen and oxygen atoms in total. The molecule has 0 fully saturated rings. The minimum absolute atomic E-state index is 0.203. The molecule has 0 aliphatic rings. The van der Waals surface area contributed by atoms with Crippen LogP contribution in [0.3, 0.4) is 0 Å². The summed E-state index contributed by atoms with van der Waals surface area (Å²) < 4.78 is 1.54. The molecule has 0 saturated carbocycles. The number of aromatic amines is 1. The van der Waals surface area contributed by atoms with Gasteiger partial charge in [-0.2, -0.15) is 0 Å². The average Bonchev–Trinajstić information content (AvgIpc) is 3.41. The maximum Gasteiger partial charge on any atom is 0.274 e. The van der Waals surface area contributed by atoms with Crippen LogP contribution in [0.1, 0.15) is 51.7 Å². The van der Waals surface area contributed by atoms with Crippen molar-refractivity contribution in [3.8, 4) is 11.1 Å². The number of carbonyl (C=O) groups is 2. The third-order valence-electron chi connectivity index (χ3n) is 6.96. The summed E-state index contributed by atoms with van der Waals surface area (Å²) in [4.78, 5) is 41.6. The predicted octanol–water partition coefficient (Wildman–Crippen LogP) is 5.42. The molecular weight excluding hydrogens is 502 g/mol. The molecular formula is C32H31N5O3. The molecule has 2 aromatic heterocycles. The molecule has 2 amide bonds. The van der Waals surface area contributed by atoms with E-state index >= 15 is 0 Å². The van der Waals surface area contributed by atoms with E-state index in [1.165, 1.54) is 10.1 Å². The van der Waals surface area contributed by atoms with Crippen LogP contribution in [-0.4, -0.2) is 21.4 Å². The number of para-hydroxylation sites is 2. The molecule has 202 valence electrons. The van der Waals surface area contributed by atoms with E-state index in [2.05, 4.69) is 35.5 Å². The molecule has 0 spiro atoms. The van der Waals surface area contributed by atoms with E-state index in [0.717, 1.165) is 16.7 Å². The van der Waals surface area contributed by atoms with Crippen LogP contribution in [-0.2, 0) is 13.6 Å². The minimum atomic E-state index is -0.331. The fraction of sp³-hybridized carbons (Fsp3) is 0.156. The summed E-state index contributed by atoms with van der Waals surface area (Å²) in [5, 5.41) is 6.40. The fourth-order valence-electron chi connectivity index (χ4n) is 4.77. The van der Waals surface area contributed by atoms with E-state index in [0.29, 0.717) is 39.5 Å². The van der Waals surface area contributed by atoms with Crippen LogP contribution in [0.4, 0.5) is 11.4 Å². The highest BCUT2D eigenvalue weighted by Gasteiger charge is 2.18. The Morgan fingerprint density at radius 2 is 1.62 bits per heavy atom. The average molecular weight is 534 g/mol. The van der Waals surface area contributed by atoms with Gasteiger partial charge in [0, 0.05) is 36.3 Å². The lowest BCUT2D eigenvalue weighted by Gasteiger charge is -2.14. The molecule has 5 N–H and O–H groups in total. The summed E-state index contributed by atoms with van der Waals surface area (Å²) >= 11 is 0. The Kier molecular flexibility index (Phi) is 7.25. The van der Waals surface area contributed by atoms with Gasteiger partial charge in [0.05, 0.1) is 11.4 Å². The highest BCUT2D eigenvalue weighted by Crippen LogP contribution is 2.33. The van der Waals surface area contributed by atoms with Gasteiger partial charge in [-0.25, -0.2) is 0 Å². The van der Waals surface area contributed by atoms with Crippen molar-refractivity contribution in [2.75, 3.05) is 11.1 Å². The van der Waals surface area contributed by atoms with Crippen LogP contribution in [0.2, 0.25) is 0 Å². The third kappa shape index (κ3) is 5.24. The van der Waals surface area contributed by atoms with Gasteiger partial charge in [-0.3, -0.25) is 14.4 Å². The van der Waals surface area contributed by atoms with Crippen molar-refractivity contribution in [1.29, 1.82) is 0 Å². The number of nitrogen functional groups attached to an aromatic ring is 1. The monoisotopic (exact) mass is 533 g/mol. The van der Waals surface area contributed by atoms with E-state index in [9.17, 15) is 14.4 Å². The number of nitrogens with one attached hydrogen (secondary N) is 3. The molecule has 5 aromatic rings. The fourth-order valence-corrected chi connectivity index (χ4v) is 4.77. The number of nitrogens with zero attached hydrogens (tertiary/aromatic N) is 1. The smallest absolute Gasteiger partial charge is 0.274 e. The zero-order chi connectivity index (χ0) is 28.4. The SMILES string of the molecule is CC(C)c1ccccc1-c1cn(C)c(=O)c2[nH]c(C(=O)NCc3ccc(C(=O)Nc4ccccc4N)cc3)cc12. The van der Waals surface area contributed by atoms with Crippen LogP contribution in [0.5, 0.6) is 0 Å². The number of carbonyl (C=O) groups excluding carboxylic acids is 2. The van der Waals surface area contributed by atoms with Crippen molar-refractivity contribution in [2.24, 2.45) is 7.05 Å². The van der Waals surface area contributed by atoms with Crippen LogP contribution in [0, 0.1) is 0 Å². The summed E-state index contributed by atoms with van der Waals surface area (Å²) in [7, 11) is 1.71. The Hall–Kier alpha value is -5.11. The van der Waals surface area contributed by atoms with E-state index in [-0.39, 0.29) is 23.9 Å². The number of amides is 2. The number of aromatic nitrogens is 2. The van der Waals surface area contributed by atoms with Crippen molar-refractivity contribution in [1.82, 2.24) is 14.9 Å². The molecule has 0 saturated heterocycles. The second-order valence-electron chi connectivity index (χ2n) is 10.1. The zero-order valence-corrected chi connectivity index (χ0v) is 22.6. The number of hydrogen-bond donors (Lipinski definition) is 4. The Morgan fingerprint density at radius 1 is 0.925 bits per heavy atom. The van der Waals surface area contributed by atoms with E-state index in [1.54, 1.807) is 61.6 Å². The van der Waals surface area contributed by atoms with Crippen molar-refractivity contribution in [2.45, 2.75) is 26.3 Å². The Morgan fingerprint density at radius 3 is 2.35 bits per heavy atom. The number of anilines is 2. The molecule has 40 heavy (non-hydrogen) atoms. The lowest BCUT2D eigenvalue weighted by atomic mass is 9.92. The van der Waals surface area contributed by atoms with E-state index in [4.69, 9.17) is 5.73 Å². The largest absolute Gasteiger partial charge is 0.397 e. The number of fused-ring (bicyclic) bond motifs is 1. The lowest BCUT2D eigenvalue weighted by molar-refractivity contribution is 0.0945. The predicted molar refractivity (Wildman–Crippen MR) is 159 cm³/mol. The first-order chi connectivity index (χ1) is 19.2. The quantitative estimate of drug-likeness (QED) is 0.209. The van der Waals surface area contributed by atoms with E-state index in [1.807, 2.05) is 24.4 Å². The van der Waals surface area contributed by atoms with Gasteiger partial charge in [0.25, 0.3) is 17.4 Å². The standard InChI is InChI=1S/C32H31N5O3/c1-19(2)22-8-4-5-9-23(22)25-18-37(3)32(40)29-24(25)16-28(35-29)31(39)34-17-20-12-14-21(15-13-20)30(38)36-27-11-7-6-10-26(27)33/h4-16,18-19,35H,17,33H2,1-3H3,(H,34,39)(H,36,38). The molecule has 8 heteroatoms. The van der Waals surface area contributed by atoms with Crippen LogP contribution in [0.25, 0.3) is 22.0 Å². The third-order valence-corrected chi connectivity index (χ3v) is 6.96. The first kappa shape index (κ1) is 26.5.